The molecule has 1 unspecified atom stereocenters. The number of hydrogen-bond acceptors (Lipinski definition) is 7. The van der Waals surface area contributed by atoms with Gasteiger partial charge in [0.25, 0.3) is 0 Å². The summed E-state index contributed by atoms with van der Waals surface area (Å²) in [5.74, 6) is 1.85. The van der Waals surface area contributed by atoms with Gasteiger partial charge in [-0.15, -0.1) is 11.3 Å². The van der Waals surface area contributed by atoms with E-state index in [0.717, 1.165) is 59.0 Å². The van der Waals surface area contributed by atoms with Crippen molar-refractivity contribution in [2.75, 3.05) is 5.32 Å². The molecule has 4 rings (SSSR count). The van der Waals surface area contributed by atoms with Crippen LogP contribution in [-0.2, 0) is 10.5 Å². The summed E-state index contributed by atoms with van der Waals surface area (Å²) in [7, 11) is 0. The highest BCUT2D eigenvalue weighted by Crippen LogP contribution is 2.42. The number of aldehydes is 1. The fourth-order valence-electron chi connectivity index (χ4n) is 4.51. The monoisotopic (exact) mass is 453 g/mol. The lowest BCUT2D eigenvalue weighted by Gasteiger charge is -2.27. The fraction of sp³-hybridized carbons (Fsp3) is 0.458. The molecule has 7 nitrogen and oxygen atoms in total. The average Bonchev–Trinajstić information content (AvgIpc) is 3.46. The van der Waals surface area contributed by atoms with Crippen LogP contribution >= 0.6 is 11.3 Å². The van der Waals surface area contributed by atoms with Crippen molar-refractivity contribution < 1.29 is 9.90 Å². The highest BCUT2D eigenvalue weighted by molar-refractivity contribution is 7.15. The molecule has 3 aromatic rings. The van der Waals surface area contributed by atoms with Crippen LogP contribution in [-0.4, -0.2) is 26.3 Å². The third-order valence-electron chi connectivity index (χ3n) is 6.25. The molecule has 0 saturated heterocycles. The number of H-pyrrole nitrogens is 1. The summed E-state index contributed by atoms with van der Waals surface area (Å²) in [6.07, 6.45) is 13.9. The van der Waals surface area contributed by atoms with E-state index in [0.29, 0.717) is 23.9 Å². The Hall–Kier alpha value is -2.55. The summed E-state index contributed by atoms with van der Waals surface area (Å²) in [5, 5.41) is 15.0. The topological polar surface area (TPSA) is 117 Å². The quantitative estimate of drug-likeness (QED) is 0.205. The zero-order valence-corrected chi connectivity index (χ0v) is 19.2. The van der Waals surface area contributed by atoms with Gasteiger partial charge in [-0.05, 0) is 57.1 Å². The highest BCUT2D eigenvalue weighted by atomic mass is 32.1. The molecule has 0 spiro atoms. The zero-order valence-electron chi connectivity index (χ0n) is 18.4. The number of nitrogens with one attached hydrogen (secondary N) is 2. The summed E-state index contributed by atoms with van der Waals surface area (Å²) in [4.78, 5) is 23.5. The second kappa shape index (κ2) is 9.94. The predicted molar refractivity (Wildman–Crippen MR) is 128 cm³/mol. The number of nitrogens with zero attached hydrogens (tertiary/aromatic N) is 2. The Bertz CT molecular complexity index is 1020. The van der Waals surface area contributed by atoms with Crippen LogP contribution in [0.2, 0.25) is 0 Å². The fourth-order valence-corrected chi connectivity index (χ4v) is 5.64. The van der Waals surface area contributed by atoms with Crippen molar-refractivity contribution in [3.63, 3.8) is 0 Å². The Morgan fingerprint density at radius 2 is 2.12 bits per heavy atom. The third-order valence-corrected chi connectivity index (χ3v) is 7.44. The van der Waals surface area contributed by atoms with Crippen molar-refractivity contribution in [3.05, 3.63) is 47.4 Å². The van der Waals surface area contributed by atoms with Gasteiger partial charge < -0.3 is 25.9 Å². The minimum atomic E-state index is -1.49. The van der Waals surface area contributed by atoms with Crippen LogP contribution in [0.1, 0.15) is 68.4 Å². The normalized spacial score (nSPS) is 20.6. The third kappa shape index (κ3) is 5.43. The molecule has 170 valence electrons. The maximum Gasteiger partial charge on any atom is 0.204 e. The summed E-state index contributed by atoms with van der Waals surface area (Å²) < 4.78 is 0. The number of carbonyl (C=O) groups is 1. The number of hydrogen-bond donors (Lipinski definition) is 4. The Morgan fingerprint density at radius 1 is 1.31 bits per heavy atom. The summed E-state index contributed by atoms with van der Waals surface area (Å²) in [6, 6.07) is 5.79. The number of aliphatic hydroxyl groups is 1. The number of anilines is 2. The van der Waals surface area contributed by atoms with Crippen molar-refractivity contribution in [1.82, 2.24) is 15.0 Å². The summed E-state index contributed by atoms with van der Waals surface area (Å²) in [6.45, 7) is 1.59. The molecule has 1 aromatic carbocycles. The van der Waals surface area contributed by atoms with Crippen LogP contribution in [0.15, 0.2) is 36.8 Å². The molecule has 5 N–H and O–H groups in total. The van der Waals surface area contributed by atoms with Crippen molar-refractivity contribution in [1.29, 1.82) is 0 Å². The van der Waals surface area contributed by atoms with Crippen LogP contribution in [0.25, 0.3) is 10.4 Å². The maximum atomic E-state index is 10.6. The van der Waals surface area contributed by atoms with Crippen LogP contribution in [0.5, 0.6) is 0 Å². The standard InChI is InChI=1S/C24H31N5O2S/c1-24(25,31)20-14-18(29-23-26-11-12-27-23)9-10-19(20)21-15-28-22(32-21)17-7-5-16(6-8-17)4-2-3-13-30/h9-17,31H,2-8,25H2,1H3,(H2,26,27,29). The van der Waals surface area contributed by atoms with E-state index in [1.807, 2.05) is 24.4 Å². The summed E-state index contributed by atoms with van der Waals surface area (Å²) in [5.41, 5.74) is 6.97. The van der Waals surface area contributed by atoms with Crippen LogP contribution in [0.3, 0.4) is 0 Å². The largest absolute Gasteiger partial charge is 0.372 e. The SMILES string of the molecule is CC(N)(O)c1cc(Nc2ncc[nH]2)ccc1-c1cnc(C2CCC(CCCC=O)CC2)s1. The van der Waals surface area contributed by atoms with Crippen molar-refractivity contribution >= 4 is 29.3 Å². The molecular weight excluding hydrogens is 422 g/mol. The number of benzene rings is 1. The van der Waals surface area contributed by atoms with Crippen molar-refractivity contribution in [2.45, 2.75) is 63.5 Å². The van der Waals surface area contributed by atoms with Crippen LogP contribution < -0.4 is 11.1 Å². The van der Waals surface area contributed by atoms with Crippen molar-refractivity contribution in [3.8, 4) is 10.4 Å². The molecule has 8 heteroatoms. The van der Waals surface area contributed by atoms with Gasteiger partial charge in [0.2, 0.25) is 5.95 Å². The second-order valence-corrected chi connectivity index (χ2v) is 9.91. The Balaban J connectivity index is 1.49. The average molecular weight is 454 g/mol. The van der Waals surface area contributed by atoms with Gasteiger partial charge in [0, 0.05) is 47.7 Å². The number of nitrogens with two attached hydrogens (primary N) is 1. The first-order chi connectivity index (χ1) is 15.4. The lowest BCUT2D eigenvalue weighted by molar-refractivity contribution is -0.108. The van der Waals surface area contributed by atoms with E-state index in [1.54, 1.807) is 30.7 Å². The minimum absolute atomic E-state index is 0.484. The molecule has 1 fully saturated rings. The molecule has 0 radical (unpaired) electrons. The number of aromatic amines is 1. The molecule has 1 saturated carbocycles. The van der Waals surface area contributed by atoms with Crippen LogP contribution in [0, 0.1) is 5.92 Å². The molecule has 2 heterocycles. The molecule has 1 atom stereocenters. The number of rotatable bonds is 9. The lowest BCUT2D eigenvalue weighted by atomic mass is 9.80. The summed E-state index contributed by atoms with van der Waals surface area (Å²) >= 11 is 1.69. The Morgan fingerprint density at radius 3 is 2.81 bits per heavy atom. The highest BCUT2D eigenvalue weighted by Gasteiger charge is 2.27. The van der Waals surface area contributed by atoms with E-state index < -0.39 is 5.72 Å². The molecule has 0 bridgehead atoms. The number of thiazole rings is 1. The van der Waals surface area contributed by atoms with E-state index in [9.17, 15) is 9.90 Å². The molecule has 0 amide bonds. The number of unbranched alkanes of at least 4 members (excludes halogenated alkanes) is 1. The van der Waals surface area contributed by atoms with Gasteiger partial charge in [-0.2, -0.15) is 0 Å². The molecule has 1 aliphatic rings. The van der Waals surface area contributed by atoms with Gasteiger partial charge in [0.05, 0.1) is 9.88 Å². The van der Waals surface area contributed by atoms with E-state index >= 15 is 0 Å². The van der Waals surface area contributed by atoms with E-state index in [4.69, 9.17) is 10.7 Å². The number of aromatic nitrogens is 3. The first kappa shape index (κ1) is 22.6. The smallest absolute Gasteiger partial charge is 0.204 e. The first-order valence-electron chi connectivity index (χ1n) is 11.3. The van der Waals surface area contributed by atoms with Crippen molar-refractivity contribution in [2.24, 2.45) is 11.7 Å². The molecular formula is C24H31N5O2S. The molecule has 32 heavy (non-hydrogen) atoms. The molecule has 1 aliphatic carbocycles. The van der Waals surface area contributed by atoms with Gasteiger partial charge in [-0.25, -0.2) is 9.97 Å². The molecule has 0 aliphatic heterocycles. The predicted octanol–water partition coefficient (Wildman–Crippen LogP) is 5.04. The minimum Gasteiger partial charge on any atom is -0.372 e. The van der Waals surface area contributed by atoms with E-state index in [1.165, 1.54) is 12.8 Å². The van der Waals surface area contributed by atoms with E-state index in [-0.39, 0.29) is 0 Å². The first-order valence-corrected chi connectivity index (χ1v) is 12.1. The second-order valence-electron chi connectivity index (χ2n) is 8.85. The Labute approximate surface area is 192 Å². The van der Waals surface area contributed by atoms with E-state index in [2.05, 4.69) is 15.3 Å². The number of carbonyl (C=O) groups excluding carboxylic acids is 1. The molecule has 2 aromatic heterocycles. The van der Waals surface area contributed by atoms with Gasteiger partial charge in [0.15, 0.2) is 0 Å². The number of imidazole rings is 1. The van der Waals surface area contributed by atoms with Gasteiger partial charge >= 0.3 is 0 Å². The van der Waals surface area contributed by atoms with Gasteiger partial charge in [-0.3, -0.25) is 0 Å². The van der Waals surface area contributed by atoms with Gasteiger partial charge in [0.1, 0.15) is 12.0 Å². The lowest BCUT2D eigenvalue weighted by Crippen LogP contribution is -2.32. The van der Waals surface area contributed by atoms with Gasteiger partial charge in [-0.1, -0.05) is 12.5 Å². The Kier molecular flexibility index (Phi) is 7.03. The zero-order chi connectivity index (χ0) is 22.6. The van der Waals surface area contributed by atoms with Crippen LogP contribution in [0.4, 0.5) is 11.6 Å². The maximum absolute atomic E-state index is 10.6.